The lowest BCUT2D eigenvalue weighted by molar-refractivity contribution is -0.141. The minimum atomic E-state index is -0.667. The lowest BCUT2D eigenvalue weighted by Gasteiger charge is -2.09. The van der Waals surface area contributed by atoms with Crippen molar-refractivity contribution < 1.29 is 18.7 Å². The molecule has 0 atom stereocenters. The number of esters is 1. The van der Waals surface area contributed by atoms with Crippen LogP contribution in [0, 0.1) is 5.82 Å². The van der Waals surface area contributed by atoms with E-state index in [9.17, 15) is 14.0 Å². The third kappa shape index (κ3) is 5.25. The van der Waals surface area contributed by atoms with Gasteiger partial charge in [0, 0.05) is 11.1 Å². The molecular weight excluding hydrogens is 403 g/mol. The van der Waals surface area contributed by atoms with Crippen LogP contribution in [0.2, 0.25) is 5.15 Å². The molecule has 1 amide bonds. The summed E-state index contributed by atoms with van der Waals surface area (Å²) >= 11 is 7.23. The first-order chi connectivity index (χ1) is 13.5. The molecule has 0 aliphatic carbocycles. The lowest BCUT2D eigenvalue weighted by atomic mass is 10.1. The Balaban J connectivity index is 1.71. The summed E-state index contributed by atoms with van der Waals surface area (Å²) in [4.78, 5) is 29.1. The Morgan fingerprint density at radius 3 is 2.64 bits per heavy atom. The number of nitrogens with zero attached hydrogens (tertiary/aromatic N) is 1. The molecule has 0 bridgehead atoms. The second-order valence-corrected chi connectivity index (χ2v) is 6.86. The Bertz CT molecular complexity index is 1000. The van der Waals surface area contributed by atoms with E-state index in [0.717, 1.165) is 0 Å². The van der Waals surface area contributed by atoms with E-state index in [2.05, 4.69) is 10.3 Å². The minimum absolute atomic E-state index is 0.137. The predicted molar refractivity (Wildman–Crippen MR) is 107 cm³/mol. The van der Waals surface area contributed by atoms with E-state index < -0.39 is 18.5 Å². The fourth-order valence-electron chi connectivity index (χ4n) is 2.26. The SMILES string of the molecule is O=C(COC(=O)C(=Cc1ccc(F)cc1)c1cccs1)Nc1cccnc1Cl. The lowest BCUT2D eigenvalue weighted by Crippen LogP contribution is -2.21. The number of rotatable bonds is 6. The van der Waals surface area contributed by atoms with E-state index in [1.807, 2.05) is 5.38 Å². The number of ether oxygens (including phenoxy) is 1. The van der Waals surface area contributed by atoms with Crippen LogP contribution < -0.4 is 5.32 Å². The molecule has 0 aliphatic heterocycles. The van der Waals surface area contributed by atoms with E-state index in [1.165, 1.54) is 29.7 Å². The van der Waals surface area contributed by atoms with Gasteiger partial charge in [-0.2, -0.15) is 0 Å². The molecule has 0 fully saturated rings. The second-order valence-electron chi connectivity index (χ2n) is 5.55. The van der Waals surface area contributed by atoms with Gasteiger partial charge in [-0.3, -0.25) is 4.79 Å². The molecule has 3 rings (SSSR count). The van der Waals surface area contributed by atoms with E-state index in [1.54, 1.807) is 42.5 Å². The molecule has 1 N–H and O–H groups in total. The first-order valence-corrected chi connectivity index (χ1v) is 9.37. The molecule has 0 unspecified atom stereocenters. The molecule has 8 heteroatoms. The van der Waals surface area contributed by atoms with Crippen LogP contribution in [0.5, 0.6) is 0 Å². The predicted octanol–water partition coefficient (Wildman–Crippen LogP) is 4.66. The summed E-state index contributed by atoms with van der Waals surface area (Å²) in [5, 5.41) is 4.48. The van der Waals surface area contributed by atoms with Gasteiger partial charge in [0.25, 0.3) is 5.91 Å². The van der Waals surface area contributed by atoms with Gasteiger partial charge >= 0.3 is 5.97 Å². The number of carbonyl (C=O) groups excluding carboxylic acids is 2. The third-order valence-electron chi connectivity index (χ3n) is 3.56. The highest BCUT2D eigenvalue weighted by Crippen LogP contribution is 2.24. The van der Waals surface area contributed by atoms with Gasteiger partial charge in [0.2, 0.25) is 0 Å². The summed E-state index contributed by atoms with van der Waals surface area (Å²) in [5.74, 6) is -1.59. The van der Waals surface area contributed by atoms with E-state index in [0.29, 0.717) is 16.1 Å². The Hall–Kier alpha value is -3.03. The zero-order valence-corrected chi connectivity index (χ0v) is 16.0. The van der Waals surface area contributed by atoms with Crippen molar-refractivity contribution in [1.29, 1.82) is 0 Å². The van der Waals surface area contributed by atoms with Gasteiger partial charge in [0.15, 0.2) is 11.8 Å². The largest absolute Gasteiger partial charge is 0.452 e. The van der Waals surface area contributed by atoms with Crippen molar-refractivity contribution in [2.75, 3.05) is 11.9 Å². The number of aromatic nitrogens is 1. The number of thiophene rings is 1. The number of carbonyl (C=O) groups is 2. The van der Waals surface area contributed by atoms with Crippen LogP contribution >= 0.6 is 22.9 Å². The first-order valence-electron chi connectivity index (χ1n) is 8.11. The Kier molecular flexibility index (Phi) is 6.52. The molecule has 2 heterocycles. The maximum atomic E-state index is 13.1. The fourth-order valence-corrected chi connectivity index (χ4v) is 3.16. The normalized spacial score (nSPS) is 11.1. The van der Waals surface area contributed by atoms with Crippen molar-refractivity contribution in [3.63, 3.8) is 0 Å². The van der Waals surface area contributed by atoms with Crippen LogP contribution in [0.15, 0.2) is 60.1 Å². The summed E-state index contributed by atoms with van der Waals surface area (Å²) < 4.78 is 18.3. The van der Waals surface area contributed by atoms with Crippen LogP contribution in [0.25, 0.3) is 11.6 Å². The van der Waals surface area contributed by atoms with Crippen LogP contribution in [-0.2, 0) is 14.3 Å². The summed E-state index contributed by atoms with van der Waals surface area (Å²) in [6.45, 7) is -0.490. The quantitative estimate of drug-likeness (QED) is 0.360. The molecule has 142 valence electrons. The van der Waals surface area contributed by atoms with Crippen molar-refractivity contribution in [1.82, 2.24) is 4.98 Å². The Labute approximate surface area is 169 Å². The minimum Gasteiger partial charge on any atom is -0.452 e. The maximum Gasteiger partial charge on any atom is 0.340 e. The highest BCUT2D eigenvalue weighted by Gasteiger charge is 2.17. The van der Waals surface area contributed by atoms with Gasteiger partial charge in [-0.15, -0.1) is 11.3 Å². The Morgan fingerprint density at radius 1 is 1.18 bits per heavy atom. The molecule has 0 spiro atoms. The van der Waals surface area contributed by atoms with Crippen molar-refractivity contribution in [3.8, 4) is 0 Å². The average Bonchev–Trinajstić information content (AvgIpc) is 3.22. The number of benzene rings is 1. The van der Waals surface area contributed by atoms with Gasteiger partial charge in [-0.05, 0) is 47.4 Å². The van der Waals surface area contributed by atoms with Crippen molar-refractivity contribution in [2.45, 2.75) is 0 Å². The van der Waals surface area contributed by atoms with Crippen LogP contribution in [0.3, 0.4) is 0 Å². The maximum absolute atomic E-state index is 13.1. The number of hydrogen-bond acceptors (Lipinski definition) is 5. The molecule has 2 aromatic heterocycles. The number of hydrogen-bond donors (Lipinski definition) is 1. The van der Waals surface area contributed by atoms with E-state index >= 15 is 0 Å². The molecule has 0 aliphatic rings. The third-order valence-corrected chi connectivity index (χ3v) is 4.76. The molecule has 5 nitrogen and oxygen atoms in total. The topological polar surface area (TPSA) is 68.3 Å². The zero-order chi connectivity index (χ0) is 19.9. The molecule has 0 saturated carbocycles. The van der Waals surface area contributed by atoms with Crippen LogP contribution in [0.1, 0.15) is 10.4 Å². The molecular formula is C20H14ClFN2O3S. The summed E-state index contributed by atoms with van der Waals surface area (Å²) in [7, 11) is 0. The molecule has 3 aromatic rings. The van der Waals surface area contributed by atoms with Crippen molar-refractivity contribution in [3.05, 3.63) is 81.5 Å². The van der Waals surface area contributed by atoms with E-state index in [4.69, 9.17) is 16.3 Å². The smallest absolute Gasteiger partial charge is 0.340 e. The number of pyridine rings is 1. The van der Waals surface area contributed by atoms with Gasteiger partial charge < -0.3 is 10.1 Å². The monoisotopic (exact) mass is 416 g/mol. The standard InChI is InChI=1S/C20H14ClFN2O3S/c21-19-16(3-1-9-23-19)24-18(25)12-27-20(26)15(17-4-2-10-28-17)11-13-5-7-14(22)8-6-13/h1-11H,12H2,(H,24,25). The molecule has 1 aromatic carbocycles. The highest BCUT2D eigenvalue weighted by molar-refractivity contribution is 7.11. The highest BCUT2D eigenvalue weighted by atomic mass is 35.5. The van der Waals surface area contributed by atoms with Crippen LogP contribution in [-0.4, -0.2) is 23.5 Å². The van der Waals surface area contributed by atoms with Gasteiger partial charge in [0.1, 0.15) is 5.82 Å². The van der Waals surface area contributed by atoms with E-state index in [-0.39, 0.29) is 16.5 Å². The van der Waals surface area contributed by atoms with Crippen molar-refractivity contribution in [2.24, 2.45) is 0 Å². The summed E-state index contributed by atoms with van der Waals surface area (Å²) in [6.07, 6.45) is 3.08. The average molecular weight is 417 g/mol. The first kappa shape index (κ1) is 19.7. The number of amides is 1. The number of anilines is 1. The van der Waals surface area contributed by atoms with Gasteiger partial charge in [0.05, 0.1) is 11.3 Å². The van der Waals surface area contributed by atoms with Crippen molar-refractivity contribution >= 4 is 52.2 Å². The summed E-state index contributed by atoms with van der Waals surface area (Å²) in [5.41, 5.74) is 1.23. The van der Waals surface area contributed by atoms with Gasteiger partial charge in [-0.25, -0.2) is 14.2 Å². The number of halogens is 2. The molecule has 28 heavy (non-hydrogen) atoms. The molecule has 0 saturated heterocycles. The molecule has 0 radical (unpaired) electrons. The fraction of sp³-hybridized carbons (Fsp3) is 0.0500. The van der Waals surface area contributed by atoms with Crippen LogP contribution in [0.4, 0.5) is 10.1 Å². The zero-order valence-electron chi connectivity index (χ0n) is 14.4. The summed E-state index contributed by atoms with van der Waals surface area (Å²) in [6, 6.07) is 12.5. The Morgan fingerprint density at radius 2 is 1.96 bits per heavy atom. The second kappa shape index (κ2) is 9.25. The number of nitrogens with one attached hydrogen (secondary N) is 1. The van der Waals surface area contributed by atoms with Gasteiger partial charge in [-0.1, -0.05) is 29.8 Å².